The molecule has 1 aliphatic heterocycles. The first-order chi connectivity index (χ1) is 9.60. The Hall–Kier alpha value is -2.08. The molecule has 1 atom stereocenters. The van der Waals surface area contributed by atoms with Crippen molar-refractivity contribution in [2.45, 2.75) is 18.9 Å². The molecule has 1 aromatic rings. The van der Waals surface area contributed by atoms with Crippen LogP contribution < -0.4 is 10.1 Å². The molecule has 2 rings (SSSR count). The van der Waals surface area contributed by atoms with Crippen LogP contribution in [0.3, 0.4) is 0 Å². The lowest BCUT2D eigenvalue weighted by molar-refractivity contribution is -0.143. The van der Waals surface area contributed by atoms with E-state index in [4.69, 9.17) is 14.6 Å². The number of methoxy groups -OCH3 is 1. The van der Waals surface area contributed by atoms with Crippen molar-refractivity contribution in [3.05, 3.63) is 29.3 Å². The molecule has 0 radical (unpaired) electrons. The van der Waals surface area contributed by atoms with Crippen LogP contribution in [0.25, 0.3) is 0 Å². The minimum absolute atomic E-state index is 0.0564. The van der Waals surface area contributed by atoms with Crippen molar-refractivity contribution in [1.29, 1.82) is 0 Å². The Bertz CT molecular complexity index is 514. The Morgan fingerprint density at radius 2 is 2.30 bits per heavy atom. The number of fused-ring (bicyclic) bond motifs is 1. The van der Waals surface area contributed by atoms with E-state index in [1.165, 1.54) is 7.11 Å². The molecule has 0 bridgehead atoms. The maximum absolute atomic E-state index is 11.8. The average molecular weight is 279 g/mol. The van der Waals surface area contributed by atoms with E-state index < -0.39 is 12.0 Å². The summed E-state index contributed by atoms with van der Waals surface area (Å²) in [6, 6.07) is 4.56. The molecule has 1 unspecified atom stereocenters. The molecule has 1 aromatic carbocycles. The van der Waals surface area contributed by atoms with Gasteiger partial charge >= 0.3 is 5.97 Å². The van der Waals surface area contributed by atoms with Crippen molar-refractivity contribution in [2.75, 3.05) is 20.3 Å². The van der Waals surface area contributed by atoms with Crippen molar-refractivity contribution < 1.29 is 24.2 Å². The van der Waals surface area contributed by atoms with Gasteiger partial charge in [0.05, 0.1) is 19.6 Å². The molecule has 0 spiro atoms. The van der Waals surface area contributed by atoms with Crippen LogP contribution in [0.5, 0.6) is 5.75 Å². The lowest BCUT2D eigenvalue weighted by Gasteiger charge is -2.13. The number of benzene rings is 1. The van der Waals surface area contributed by atoms with Gasteiger partial charge in [-0.1, -0.05) is 12.1 Å². The van der Waals surface area contributed by atoms with Crippen LogP contribution in [0.1, 0.15) is 11.1 Å². The first-order valence-corrected chi connectivity index (χ1v) is 6.36. The monoisotopic (exact) mass is 279 g/mol. The van der Waals surface area contributed by atoms with Gasteiger partial charge in [-0.2, -0.15) is 0 Å². The standard InChI is InChI=1S/C14H17NO5/c1-19-8-11(14(17)18)15-13(16)7-9-2-3-12-10(6-9)4-5-20-12/h2-3,6,11H,4-5,7-8H2,1H3,(H,15,16)(H,17,18). The van der Waals surface area contributed by atoms with Crippen molar-refractivity contribution in [3.63, 3.8) is 0 Å². The summed E-state index contributed by atoms with van der Waals surface area (Å²) in [4.78, 5) is 22.8. The molecule has 0 aromatic heterocycles. The summed E-state index contributed by atoms with van der Waals surface area (Å²) in [6.07, 6.45) is 0.979. The summed E-state index contributed by atoms with van der Waals surface area (Å²) < 4.78 is 10.2. The molecule has 0 aliphatic carbocycles. The van der Waals surface area contributed by atoms with E-state index in [1.54, 1.807) is 0 Å². The molecule has 0 saturated carbocycles. The van der Waals surface area contributed by atoms with Gasteiger partial charge in [-0.15, -0.1) is 0 Å². The van der Waals surface area contributed by atoms with Gasteiger partial charge in [0.1, 0.15) is 5.75 Å². The number of carboxylic acids is 1. The predicted molar refractivity (Wildman–Crippen MR) is 70.8 cm³/mol. The summed E-state index contributed by atoms with van der Waals surface area (Å²) in [6.45, 7) is 0.610. The minimum atomic E-state index is -1.11. The number of carboxylic acid groups (broad SMARTS) is 1. The molecule has 2 N–H and O–H groups in total. The van der Waals surface area contributed by atoms with Crippen molar-refractivity contribution >= 4 is 11.9 Å². The summed E-state index contributed by atoms with van der Waals surface area (Å²) in [5.74, 6) is -0.590. The molecule has 108 valence electrons. The highest BCUT2D eigenvalue weighted by atomic mass is 16.5. The molecule has 6 heteroatoms. The van der Waals surface area contributed by atoms with Gasteiger partial charge in [-0.3, -0.25) is 4.79 Å². The zero-order chi connectivity index (χ0) is 14.5. The summed E-state index contributed by atoms with van der Waals surface area (Å²) in [7, 11) is 1.39. The highest BCUT2D eigenvalue weighted by Crippen LogP contribution is 2.25. The van der Waals surface area contributed by atoms with Crippen LogP contribution in [-0.2, 0) is 27.2 Å². The molecule has 0 saturated heterocycles. The van der Waals surface area contributed by atoms with E-state index >= 15 is 0 Å². The number of rotatable bonds is 6. The number of aliphatic carboxylic acids is 1. The molecule has 6 nitrogen and oxygen atoms in total. The second kappa shape index (κ2) is 6.38. The van der Waals surface area contributed by atoms with Gasteiger partial charge in [0.2, 0.25) is 5.91 Å². The maximum Gasteiger partial charge on any atom is 0.328 e. The topological polar surface area (TPSA) is 84.9 Å². The number of hydrogen-bond acceptors (Lipinski definition) is 4. The van der Waals surface area contributed by atoms with Crippen LogP contribution in [0.15, 0.2) is 18.2 Å². The van der Waals surface area contributed by atoms with Crippen molar-refractivity contribution in [3.8, 4) is 5.75 Å². The zero-order valence-corrected chi connectivity index (χ0v) is 11.2. The normalized spacial score (nSPS) is 14.2. The fourth-order valence-corrected chi connectivity index (χ4v) is 2.12. The van der Waals surface area contributed by atoms with E-state index in [0.717, 1.165) is 23.3 Å². The molecule has 20 heavy (non-hydrogen) atoms. The van der Waals surface area contributed by atoms with E-state index in [-0.39, 0.29) is 18.9 Å². The quantitative estimate of drug-likeness (QED) is 0.786. The number of amides is 1. The van der Waals surface area contributed by atoms with Crippen LogP contribution >= 0.6 is 0 Å². The van der Waals surface area contributed by atoms with E-state index in [2.05, 4.69) is 5.32 Å². The van der Waals surface area contributed by atoms with Crippen LogP contribution in [-0.4, -0.2) is 43.3 Å². The molecular formula is C14H17NO5. The van der Waals surface area contributed by atoms with Gasteiger partial charge in [0.15, 0.2) is 6.04 Å². The van der Waals surface area contributed by atoms with Gasteiger partial charge in [0, 0.05) is 13.5 Å². The maximum atomic E-state index is 11.8. The van der Waals surface area contributed by atoms with E-state index in [9.17, 15) is 9.59 Å². The number of hydrogen-bond donors (Lipinski definition) is 2. The fraction of sp³-hybridized carbons (Fsp3) is 0.429. The van der Waals surface area contributed by atoms with Crippen molar-refractivity contribution in [1.82, 2.24) is 5.32 Å². The fourth-order valence-electron chi connectivity index (χ4n) is 2.12. The smallest absolute Gasteiger partial charge is 0.328 e. The number of carbonyl (C=O) groups is 2. The molecule has 1 heterocycles. The molecule has 1 aliphatic rings. The Kier molecular flexibility index (Phi) is 4.57. The lowest BCUT2D eigenvalue weighted by Crippen LogP contribution is -2.44. The Morgan fingerprint density at radius 1 is 1.50 bits per heavy atom. The number of ether oxygens (including phenoxy) is 2. The van der Waals surface area contributed by atoms with Crippen LogP contribution in [0.2, 0.25) is 0 Å². The minimum Gasteiger partial charge on any atom is -0.493 e. The lowest BCUT2D eigenvalue weighted by atomic mass is 10.1. The van der Waals surface area contributed by atoms with Crippen LogP contribution in [0.4, 0.5) is 0 Å². The first kappa shape index (κ1) is 14.3. The summed E-state index contributed by atoms with van der Waals surface area (Å²) in [5, 5.41) is 11.4. The van der Waals surface area contributed by atoms with Crippen molar-refractivity contribution in [2.24, 2.45) is 0 Å². The highest BCUT2D eigenvalue weighted by Gasteiger charge is 2.20. The third-order valence-electron chi connectivity index (χ3n) is 3.09. The Balaban J connectivity index is 1.95. The van der Waals surface area contributed by atoms with Gasteiger partial charge in [0.25, 0.3) is 0 Å². The third kappa shape index (κ3) is 3.48. The molecular weight excluding hydrogens is 262 g/mol. The Morgan fingerprint density at radius 3 is 3.00 bits per heavy atom. The van der Waals surface area contributed by atoms with Gasteiger partial charge < -0.3 is 19.9 Å². The number of carbonyl (C=O) groups excluding carboxylic acids is 1. The second-order valence-electron chi connectivity index (χ2n) is 4.63. The zero-order valence-electron chi connectivity index (χ0n) is 11.2. The largest absolute Gasteiger partial charge is 0.493 e. The Labute approximate surface area is 116 Å². The number of nitrogens with one attached hydrogen (secondary N) is 1. The van der Waals surface area contributed by atoms with E-state index in [0.29, 0.717) is 6.61 Å². The van der Waals surface area contributed by atoms with Gasteiger partial charge in [-0.05, 0) is 17.2 Å². The van der Waals surface area contributed by atoms with E-state index in [1.807, 2.05) is 18.2 Å². The second-order valence-corrected chi connectivity index (χ2v) is 4.63. The molecule has 0 fully saturated rings. The van der Waals surface area contributed by atoms with Gasteiger partial charge in [-0.25, -0.2) is 4.79 Å². The molecule has 1 amide bonds. The first-order valence-electron chi connectivity index (χ1n) is 6.36. The predicted octanol–water partition coefficient (Wildman–Crippen LogP) is 0.380. The summed E-state index contributed by atoms with van der Waals surface area (Å²) in [5.41, 5.74) is 1.93. The summed E-state index contributed by atoms with van der Waals surface area (Å²) >= 11 is 0. The highest BCUT2D eigenvalue weighted by molar-refractivity contribution is 5.85. The third-order valence-corrected chi connectivity index (χ3v) is 3.09. The SMILES string of the molecule is COCC(NC(=O)Cc1ccc2c(c1)CCO2)C(=O)O. The van der Waals surface area contributed by atoms with Crippen LogP contribution in [0, 0.1) is 0 Å². The average Bonchev–Trinajstić information content (AvgIpc) is 2.85.